The van der Waals surface area contributed by atoms with Gasteiger partial charge in [-0.25, -0.2) is 0 Å². The van der Waals surface area contributed by atoms with Gasteiger partial charge in [-0.05, 0) is 60.6 Å². The van der Waals surface area contributed by atoms with Gasteiger partial charge in [-0.3, -0.25) is 4.98 Å². The highest BCUT2D eigenvalue weighted by Crippen LogP contribution is 2.33. The molecule has 4 rings (SSSR count). The highest BCUT2D eigenvalue weighted by atomic mass is 14.9. The Morgan fingerprint density at radius 1 is 0.946 bits per heavy atom. The van der Waals surface area contributed by atoms with E-state index in [1.807, 2.05) is 26.2 Å². The lowest BCUT2D eigenvalue weighted by molar-refractivity contribution is 1.07. The predicted octanol–water partition coefficient (Wildman–Crippen LogP) is 8.93. The second-order valence-corrected chi connectivity index (χ2v) is 9.15. The van der Waals surface area contributed by atoms with Gasteiger partial charge < -0.3 is 10.6 Å². The molecule has 3 nitrogen and oxygen atoms in total. The quantitative estimate of drug-likeness (QED) is 0.232. The molecular formula is C34H35N3. The Hall–Kier alpha value is -4.37. The van der Waals surface area contributed by atoms with E-state index in [9.17, 15) is 0 Å². The average Bonchev–Trinajstić information content (AvgIpc) is 2.94. The zero-order chi connectivity index (χ0) is 26.4. The number of rotatable bonds is 9. The van der Waals surface area contributed by atoms with Crippen LogP contribution in [0.3, 0.4) is 0 Å². The van der Waals surface area contributed by atoms with E-state index in [0.29, 0.717) is 0 Å². The van der Waals surface area contributed by atoms with Crippen molar-refractivity contribution in [2.24, 2.45) is 0 Å². The molecule has 1 heterocycles. The van der Waals surface area contributed by atoms with Crippen molar-refractivity contribution in [3.8, 4) is 11.1 Å². The van der Waals surface area contributed by atoms with Crippen LogP contribution < -0.4 is 10.6 Å². The number of fused-ring (bicyclic) bond motifs is 1. The number of allylic oxidation sites excluding steroid dienone is 3. The first-order valence-corrected chi connectivity index (χ1v) is 12.7. The van der Waals surface area contributed by atoms with E-state index >= 15 is 0 Å². The minimum Gasteiger partial charge on any atom is -0.387 e. The average molecular weight is 486 g/mol. The number of nitrogens with zero attached hydrogens (tertiary/aromatic N) is 1. The fourth-order valence-electron chi connectivity index (χ4n) is 4.45. The molecule has 0 atom stereocenters. The van der Waals surface area contributed by atoms with Crippen LogP contribution in [0.25, 0.3) is 39.4 Å². The first kappa shape index (κ1) is 25.7. The van der Waals surface area contributed by atoms with Crippen LogP contribution in [0.5, 0.6) is 0 Å². The summed E-state index contributed by atoms with van der Waals surface area (Å²) in [6.07, 6.45) is 6.95. The number of nitrogens with one attached hydrogen (secondary N) is 2. The molecular weight excluding hydrogens is 450 g/mol. The van der Waals surface area contributed by atoms with Gasteiger partial charge in [-0.1, -0.05) is 92.4 Å². The topological polar surface area (TPSA) is 37.0 Å². The molecule has 4 aromatic rings. The number of hydrogen-bond acceptors (Lipinski definition) is 3. The second kappa shape index (κ2) is 11.6. The van der Waals surface area contributed by atoms with Gasteiger partial charge in [0.05, 0.1) is 11.4 Å². The van der Waals surface area contributed by atoms with Gasteiger partial charge in [0.1, 0.15) is 0 Å². The number of anilines is 1. The van der Waals surface area contributed by atoms with Crippen LogP contribution in [-0.4, -0.2) is 12.0 Å². The molecule has 0 aliphatic carbocycles. The SMILES string of the molecule is C=Cc1cc(-c2ccc(/C(=C/CC)NC)nc2)ccc1/C(Nc1cccc2ccccc12)=C(\C)C(=C)C. The lowest BCUT2D eigenvalue weighted by atomic mass is 9.94. The molecule has 186 valence electrons. The molecule has 0 aliphatic rings. The minimum atomic E-state index is 0.940. The summed E-state index contributed by atoms with van der Waals surface area (Å²) in [6.45, 7) is 14.6. The first-order chi connectivity index (χ1) is 18.0. The van der Waals surface area contributed by atoms with E-state index in [0.717, 1.165) is 62.6 Å². The molecule has 0 spiro atoms. The Kier molecular flexibility index (Phi) is 8.05. The Morgan fingerprint density at radius 3 is 2.38 bits per heavy atom. The van der Waals surface area contributed by atoms with Crippen LogP contribution in [0.2, 0.25) is 0 Å². The van der Waals surface area contributed by atoms with Gasteiger partial charge >= 0.3 is 0 Å². The van der Waals surface area contributed by atoms with Gasteiger partial charge in [-0.2, -0.15) is 0 Å². The van der Waals surface area contributed by atoms with Crippen LogP contribution in [0.4, 0.5) is 5.69 Å². The van der Waals surface area contributed by atoms with E-state index in [2.05, 4.69) is 117 Å². The van der Waals surface area contributed by atoms with Crippen LogP contribution in [0.1, 0.15) is 44.0 Å². The molecule has 0 amide bonds. The van der Waals surface area contributed by atoms with E-state index in [1.165, 1.54) is 10.8 Å². The van der Waals surface area contributed by atoms with Crippen molar-refractivity contribution in [1.29, 1.82) is 0 Å². The predicted molar refractivity (Wildman–Crippen MR) is 162 cm³/mol. The van der Waals surface area contributed by atoms with Crippen molar-refractivity contribution in [1.82, 2.24) is 10.3 Å². The van der Waals surface area contributed by atoms with Crippen LogP contribution in [0, 0.1) is 0 Å². The normalized spacial score (nSPS) is 12.2. The highest BCUT2D eigenvalue weighted by molar-refractivity contribution is 5.98. The largest absolute Gasteiger partial charge is 0.387 e. The summed E-state index contributed by atoms with van der Waals surface area (Å²) in [5.74, 6) is 0. The summed E-state index contributed by atoms with van der Waals surface area (Å²) in [5, 5.41) is 9.35. The van der Waals surface area contributed by atoms with Crippen molar-refractivity contribution in [2.75, 3.05) is 12.4 Å². The third-order valence-corrected chi connectivity index (χ3v) is 6.66. The van der Waals surface area contributed by atoms with E-state index < -0.39 is 0 Å². The smallest absolute Gasteiger partial charge is 0.0858 e. The number of benzene rings is 3. The fraction of sp³-hybridized carbons (Fsp3) is 0.147. The fourth-order valence-corrected chi connectivity index (χ4v) is 4.45. The lowest BCUT2D eigenvalue weighted by Crippen LogP contribution is -2.06. The standard InChI is InChI=1S/C34H35N3/c1-7-12-32(35-6)33-20-18-28(22-36-33)27-17-19-30(25(8-2)21-27)34(24(5)23(3)4)37-31-16-11-14-26-13-9-10-15-29(26)31/h8-22,35,37H,2-3,7H2,1,4-6H3/b32-12-,34-24-. The molecule has 0 radical (unpaired) electrons. The van der Waals surface area contributed by atoms with Crippen molar-refractivity contribution < 1.29 is 0 Å². The first-order valence-electron chi connectivity index (χ1n) is 12.7. The Morgan fingerprint density at radius 2 is 1.70 bits per heavy atom. The lowest BCUT2D eigenvalue weighted by Gasteiger charge is -2.20. The summed E-state index contributed by atoms with van der Waals surface area (Å²) in [7, 11) is 1.93. The van der Waals surface area contributed by atoms with Gasteiger partial charge in [0.25, 0.3) is 0 Å². The van der Waals surface area contributed by atoms with Crippen LogP contribution in [0.15, 0.2) is 109 Å². The maximum absolute atomic E-state index is 4.70. The second-order valence-electron chi connectivity index (χ2n) is 9.15. The molecule has 0 fully saturated rings. The highest BCUT2D eigenvalue weighted by Gasteiger charge is 2.14. The summed E-state index contributed by atoms with van der Waals surface area (Å²) in [6, 6.07) is 25.4. The van der Waals surface area contributed by atoms with Crippen molar-refractivity contribution in [3.05, 3.63) is 126 Å². The maximum Gasteiger partial charge on any atom is 0.0858 e. The molecule has 2 N–H and O–H groups in total. The number of hydrogen-bond donors (Lipinski definition) is 2. The molecule has 0 bridgehead atoms. The molecule has 1 aromatic heterocycles. The van der Waals surface area contributed by atoms with Crippen LogP contribution in [-0.2, 0) is 0 Å². The van der Waals surface area contributed by atoms with Gasteiger partial charge in [0.15, 0.2) is 0 Å². The Labute approximate surface area is 221 Å². The number of aromatic nitrogens is 1. The summed E-state index contributed by atoms with van der Waals surface area (Å²) < 4.78 is 0. The number of pyridine rings is 1. The van der Waals surface area contributed by atoms with Crippen molar-refractivity contribution >= 4 is 33.9 Å². The van der Waals surface area contributed by atoms with Crippen LogP contribution >= 0.6 is 0 Å². The molecule has 0 aliphatic heterocycles. The molecule has 0 unspecified atom stereocenters. The third kappa shape index (κ3) is 5.57. The molecule has 3 aromatic carbocycles. The minimum absolute atomic E-state index is 0.940. The monoisotopic (exact) mass is 485 g/mol. The van der Waals surface area contributed by atoms with Gasteiger partial charge in [0.2, 0.25) is 0 Å². The molecule has 0 saturated carbocycles. The van der Waals surface area contributed by atoms with E-state index in [1.54, 1.807) is 0 Å². The zero-order valence-electron chi connectivity index (χ0n) is 22.2. The zero-order valence-corrected chi connectivity index (χ0v) is 22.2. The summed E-state index contributed by atoms with van der Waals surface area (Å²) >= 11 is 0. The van der Waals surface area contributed by atoms with Crippen molar-refractivity contribution in [2.45, 2.75) is 27.2 Å². The maximum atomic E-state index is 4.70. The molecule has 37 heavy (non-hydrogen) atoms. The summed E-state index contributed by atoms with van der Waals surface area (Å²) in [5.41, 5.74) is 10.5. The van der Waals surface area contributed by atoms with Crippen molar-refractivity contribution in [3.63, 3.8) is 0 Å². The van der Waals surface area contributed by atoms with E-state index in [4.69, 9.17) is 4.98 Å². The molecule has 0 saturated heterocycles. The molecule has 3 heteroatoms. The Bertz CT molecular complexity index is 1500. The van der Waals surface area contributed by atoms with Gasteiger partial charge in [0, 0.05) is 41.1 Å². The summed E-state index contributed by atoms with van der Waals surface area (Å²) in [4.78, 5) is 4.70. The Balaban J connectivity index is 1.76. The third-order valence-electron chi connectivity index (χ3n) is 6.66. The van der Waals surface area contributed by atoms with Gasteiger partial charge in [-0.15, -0.1) is 0 Å². The van der Waals surface area contributed by atoms with E-state index in [-0.39, 0.29) is 0 Å².